The van der Waals surface area contributed by atoms with Crippen LogP contribution in [0.3, 0.4) is 0 Å². The van der Waals surface area contributed by atoms with E-state index in [4.69, 9.17) is 14.6 Å². The number of hydrogen-bond acceptors (Lipinski definition) is 4. The van der Waals surface area contributed by atoms with E-state index < -0.39 is 12.1 Å². The van der Waals surface area contributed by atoms with Crippen LogP contribution in [0.4, 0.5) is 18.9 Å². The zero-order valence-corrected chi connectivity index (χ0v) is 19.5. The van der Waals surface area contributed by atoms with Crippen molar-refractivity contribution in [3.8, 4) is 5.75 Å². The summed E-state index contributed by atoms with van der Waals surface area (Å²) in [6.07, 6.45) is 4.58. The third-order valence-electron chi connectivity index (χ3n) is 6.19. The molecule has 35 heavy (non-hydrogen) atoms. The number of nitrogens with one attached hydrogen (secondary N) is 1. The van der Waals surface area contributed by atoms with Crippen molar-refractivity contribution in [2.75, 3.05) is 25.5 Å². The first-order valence-corrected chi connectivity index (χ1v) is 11.4. The highest BCUT2D eigenvalue weighted by Gasteiger charge is 2.38. The largest absolute Gasteiger partial charge is 0.497 e. The molecule has 0 atom stereocenters. The number of alkyl halides is 3. The number of fused-ring (bicyclic) bond motifs is 1. The van der Waals surface area contributed by atoms with Crippen LogP contribution in [0.2, 0.25) is 0 Å². The maximum atomic E-state index is 12.3. The lowest BCUT2D eigenvalue weighted by Crippen LogP contribution is -2.41. The lowest BCUT2D eigenvalue weighted by Gasteiger charge is -2.36. The molecule has 2 aliphatic rings. The van der Waals surface area contributed by atoms with Crippen molar-refractivity contribution >= 4 is 23.6 Å². The van der Waals surface area contributed by atoms with Crippen LogP contribution in [-0.2, 0) is 22.4 Å². The summed E-state index contributed by atoms with van der Waals surface area (Å²) >= 11 is 0. The molecule has 0 radical (unpaired) electrons. The van der Waals surface area contributed by atoms with Crippen molar-refractivity contribution in [3.05, 3.63) is 65.2 Å². The first kappa shape index (κ1) is 26.3. The van der Waals surface area contributed by atoms with Gasteiger partial charge in [-0.1, -0.05) is 24.6 Å². The molecule has 2 N–H and O–H groups in total. The maximum Gasteiger partial charge on any atom is 0.490 e. The number of benzene rings is 2. The van der Waals surface area contributed by atoms with Gasteiger partial charge in [0.15, 0.2) is 0 Å². The minimum Gasteiger partial charge on any atom is -0.497 e. The van der Waals surface area contributed by atoms with Crippen LogP contribution in [0, 0.1) is 0 Å². The van der Waals surface area contributed by atoms with Crippen molar-refractivity contribution in [2.45, 2.75) is 44.3 Å². The predicted molar refractivity (Wildman–Crippen MR) is 127 cm³/mol. The Hall–Kier alpha value is -3.33. The molecule has 9 heteroatoms. The van der Waals surface area contributed by atoms with Gasteiger partial charge in [0.25, 0.3) is 0 Å². The lowest BCUT2D eigenvalue weighted by atomic mass is 9.91. The molecule has 2 aromatic carbocycles. The zero-order valence-electron chi connectivity index (χ0n) is 19.5. The number of methoxy groups -OCH3 is 1. The molecular formula is C26H29F3N2O4. The van der Waals surface area contributed by atoms with E-state index in [-0.39, 0.29) is 5.91 Å². The number of hydrogen-bond donors (Lipinski definition) is 2. The summed E-state index contributed by atoms with van der Waals surface area (Å²) in [5.74, 6) is -2.06. The Morgan fingerprint density at radius 2 is 1.69 bits per heavy atom. The second-order valence-electron chi connectivity index (χ2n) is 8.50. The van der Waals surface area contributed by atoms with Gasteiger partial charge in [-0.05, 0) is 72.7 Å². The van der Waals surface area contributed by atoms with Crippen LogP contribution in [0.15, 0.2) is 48.5 Å². The SMILES string of the molecule is COc1ccc(C=CC(=O)Nc2ccc3c(c2)CCN(C2CCC2)CC3)cc1.O=C(O)C(F)(F)F. The summed E-state index contributed by atoms with van der Waals surface area (Å²) in [6, 6.07) is 14.8. The smallest absolute Gasteiger partial charge is 0.490 e. The Kier molecular flexibility index (Phi) is 8.92. The van der Waals surface area contributed by atoms with Crippen LogP contribution in [0.25, 0.3) is 6.08 Å². The molecule has 2 aromatic rings. The van der Waals surface area contributed by atoms with Gasteiger partial charge in [-0.25, -0.2) is 4.79 Å². The second kappa shape index (κ2) is 11.9. The van der Waals surface area contributed by atoms with Gasteiger partial charge in [0, 0.05) is 30.9 Å². The van der Waals surface area contributed by atoms with Crippen molar-refractivity contribution in [3.63, 3.8) is 0 Å². The zero-order chi connectivity index (χ0) is 25.4. The van der Waals surface area contributed by atoms with Gasteiger partial charge in [0.2, 0.25) is 5.91 Å². The minimum absolute atomic E-state index is 0.111. The van der Waals surface area contributed by atoms with E-state index >= 15 is 0 Å². The fourth-order valence-electron chi connectivity index (χ4n) is 4.01. The molecule has 0 aromatic heterocycles. The minimum atomic E-state index is -5.08. The topological polar surface area (TPSA) is 78.9 Å². The van der Waals surface area contributed by atoms with E-state index in [1.165, 1.54) is 30.4 Å². The number of carbonyl (C=O) groups excluding carboxylic acids is 1. The molecule has 1 aliphatic carbocycles. The van der Waals surface area contributed by atoms with Gasteiger partial charge in [0.1, 0.15) is 5.75 Å². The Balaban J connectivity index is 0.000000429. The number of amides is 1. The number of carboxylic acids is 1. The molecule has 4 rings (SSSR count). The predicted octanol–water partition coefficient (Wildman–Crippen LogP) is 4.93. The average Bonchev–Trinajstić information content (AvgIpc) is 2.99. The third kappa shape index (κ3) is 7.85. The van der Waals surface area contributed by atoms with E-state index in [1.54, 1.807) is 13.2 Å². The summed E-state index contributed by atoms with van der Waals surface area (Å²) in [4.78, 5) is 23.8. The highest BCUT2D eigenvalue weighted by atomic mass is 19.4. The van der Waals surface area contributed by atoms with Crippen molar-refractivity contribution in [1.82, 2.24) is 4.90 Å². The summed E-state index contributed by atoms with van der Waals surface area (Å²) in [7, 11) is 1.64. The Labute approximate surface area is 202 Å². The molecule has 1 amide bonds. The molecule has 6 nitrogen and oxygen atoms in total. The van der Waals surface area contributed by atoms with E-state index in [2.05, 4.69) is 22.3 Å². The second-order valence-corrected chi connectivity index (χ2v) is 8.50. The summed E-state index contributed by atoms with van der Waals surface area (Å²) < 4.78 is 36.9. The highest BCUT2D eigenvalue weighted by molar-refractivity contribution is 6.02. The fraction of sp³-hybridized carbons (Fsp3) is 0.385. The van der Waals surface area contributed by atoms with E-state index in [9.17, 15) is 18.0 Å². The van der Waals surface area contributed by atoms with Crippen LogP contribution in [-0.4, -0.2) is 54.3 Å². The van der Waals surface area contributed by atoms with Gasteiger partial charge in [0.05, 0.1) is 7.11 Å². The molecule has 1 heterocycles. The number of carbonyl (C=O) groups is 2. The molecular weight excluding hydrogens is 461 g/mol. The molecule has 1 saturated carbocycles. The molecule has 0 spiro atoms. The number of anilines is 1. The first-order valence-electron chi connectivity index (χ1n) is 11.4. The summed E-state index contributed by atoms with van der Waals surface area (Å²) in [5.41, 5.74) is 4.64. The van der Waals surface area contributed by atoms with Gasteiger partial charge >= 0.3 is 12.1 Å². The molecule has 1 fully saturated rings. The lowest BCUT2D eigenvalue weighted by molar-refractivity contribution is -0.192. The maximum absolute atomic E-state index is 12.3. The molecule has 0 unspecified atom stereocenters. The van der Waals surface area contributed by atoms with Gasteiger partial charge in [-0.2, -0.15) is 13.2 Å². The van der Waals surface area contributed by atoms with E-state index in [0.717, 1.165) is 49.0 Å². The monoisotopic (exact) mass is 490 g/mol. The Morgan fingerprint density at radius 3 is 2.23 bits per heavy atom. The highest BCUT2D eigenvalue weighted by Crippen LogP contribution is 2.28. The van der Waals surface area contributed by atoms with E-state index in [0.29, 0.717) is 0 Å². The molecule has 1 aliphatic heterocycles. The van der Waals surface area contributed by atoms with Gasteiger partial charge < -0.3 is 15.2 Å². The Morgan fingerprint density at radius 1 is 1.06 bits per heavy atom. The average molecular weight is 491 g/mol. The normalized spacial score (nSPS) is 16.3. The summed E-state index contributed by atoms with van der Waals surface area (Å²) in [5, 5.41) is 10.1. The van der Waals surface area contributed by atoms with Crippen molar-refractivity contribution in [2.24, 2.45) is 0 Å². The summed E-state index contributed by atoms with van der Waals surface area (Å²) in [6.45, 7) is 2.29. The van der Waals surface area contributed by atoms with Crippen LogP contribution in [0.1, 0.15) is 36.0 Å². The van der Waals surface area contributed by atoms with Gasteiger partial charge in [-0.15, -0.1) is 0 Å². The number of aliphatic carboxylic acids is 1. The number of carboxylic acid groups (broad SMARTS) is 1. The number of halogens is 3. The molecule has 0 saturated heterocycles. The fourth-order valence-corrected chi connectivity index (χ4v) is 4.01. The molecule has 188 valence electrons. The number of ether oxygens (including phenoxy) is 1. The standard InChI is InChI=1S/C24H28N2O2.C2HF3O2/c1-28-23-10-5-18(6-11-23)7-12-24(27)25-21-9-8-19-13-15-26(22-3-2-4-22)16-14-20(19)17-21;3-2(4,5)1(6)7/h5-12,17,22H,2-4,13-16H2,1H3,(H,25,27);(H,6,7). The van der Waals surface area contributed by atoms with Crippen LogP contribution < -0.4 is 10.1 Å². The third-order valence-corrected chi connectivity index (χ3v) is 6.19. The number of rotatable bonds is 5. The molecule has 0 bridgehead atoms. The van der Waals surface area contributed by atoms with Gasteiger partial charge in [-0.3, -0.25) is 9.69 Å². The first-order chi connectivity index (χ1) is 16.7. The van der Waals surface area contributed by atoms with E-state index in [1.807, 2.05) is 36.4 Å². The van der Waals surface area contributed by atoms with Crippen LogP contribution >= 0.6 is 0 Å². The van der Waals surface area contributed by atoms with Crippen LogP contribution in [0.5, 0.6) is 5.75 Å². The number of nitrogens with zero attached hydrogens (tertiary/aromatic N) is 1. The van der Waals surface area contributed by atoms with Crippen molar-refractivity contribution in [1.29, 1.82) is 0 Å². The van der Waals surface area contributed by atoms with Crippen molar-refractivity contribution < 1.29 is 32.6 Å². The Bertz CT molecular complexity index is 1050. The quantitative estimate of drug-likeness (QED) is 0.581.